The molecule has 2 aromatic rings. The van der Waals surface area contributed by atoms with Gasteiger partial charge in [-0.2, -0.15) is 13.2 Å². The third kappa shape index (κ3) is 2.94. The Morgan fingerprint density at radius 1 is 0.958 bits per heavy atom. The maximum absolute atomic E-state index is 13.0. The fraction of sp³-hybridized carbons (Fsp3) is 0.368. The van der Waals surface area contributed by atoms with Gasteiger partial charge in [-0.15, -0.1) is 0 Å². The first-order valence-electron chi connectivity index (χ1n) is 8.08. The smallest absolute Gasteiger partial charge is 0.417 e. The highest BCUT2D eigenvalue weighted by Crippen LogP contribution is 2.45. The summed E-state index contributed by atoms with van der Waals surface area (Å²) in [5.74, 6) is 1.47. The van der Waals surface area contributed by atoms with Gasteiger partial charge in [-0.1, -0.05) is 18.2 Å². The molecule has 1 unspecified atom stereocenters. The normalized spacial score (nSPS) is 20.1. The highest BCUT2D eigenvalue weighted by molar-refractivity contribution is 9.10. The highest BCUT2D eigenvalue weighted by Gasteiger charge is 2.37. The number of hydrogen-bond donors (Lipinski definition) is 0. The standard InChI is InChI=1S/C19H16BrF3O/c20-18-15-8-10-17(14(15)7-9-16(18)19(21,22)23)24-13-5-3-12(4-6-13)11-1-2-11/h3-7,9,11,17H,1-2,8,10H2. The summed E-state index contributed by atoms with van der Waals surface area (Å²) in [4.78, 5) is 0. The maximum atomic E-state index is 13.0. The number of hydrogen-bond acceptors (Lipinski definition) is 1. The molecule has 0 radical (unpaired) electrons. The van der Waals surface area contributed by atoms with Crippen molar-refractivity contribution < 1.29 is 17.9 Å². The van der Waals surface area contributed by atoms with E-state index in [1.807, 2.05) is 12.1 Å². The zero-order chi connectivity index (χ0) is 16.9. The fourth-order valence-corrected chi connectivity index (χ4v) is 4.15. The molecule has 0 N–H and O–H groups in total. The molecule has 0 aromatic heterocycles. The van der Waals surface area contributed by atoms with Crippen LogP contribution in [-0.4, -0.2) is 0 Å². The summed E-state index contributed by atoms with van der Waals surface area (Å²) >= 11 is 3.14. The van der Waals surface area contributed by atoms with E-state index in [9.17, 15) is 13.2 Å². The summed E-state index contributed by atoms with van der Waals surface area (Å²) < 4.78 is 45.2. The molecule has 5 heteroatoms. The van der Waals surface area contributed by atoms with Crippen molar-refractivity contribution in [2.24, 2.45) is 0 Å². The Morgan fingerprint density at radius 3 is 2.29 bits per heavy atom. The van der Waals surface area contributed by atoms with Crippen LogP contribution in [-0.2, 0) is 12.6 Å². The third-order valence-electron chi connectivity index (χ3n) is 4.80. The molecule has 0 saturated heterocycles. The largest absolute Gasteiger partial charge is 0.486 e. The Hall–Kier alpha value is -1.49. The van der Waals surface area contributed by atoms with Crippen molar-refractivity contribution >= 4 is 15.9 Å². The van der Waals surface area contributed by atoms with Crippen LogP contribution >= 0.6 is 15.9 Å². The Labute approximate surface area is 147 Å². The van der Waals surface area contributed by atoms with E-state index < -0.39 is 11.7 Å². The van der Waals surface area contributed by atoms with Gasteiger partial charge in [-0.25, -0.2) is 0 Å². The zero-order valence-electron chi connectivity index (χ0n) is 12.9. The van der Waals surface area contributed by atoms with Gasteiger partial charge in [0.05, 0.1) is 5.56 Å². The lowest BCUT2D eigenvalue weighted by molar-refractivity contribution is -0.138. The van der Waals surface area contributed by atoms with Gasteiger partial charge < -0.3 is 4.74 Å². The predicted molar refractivity (Wildman–Crippen MR) is 89.3 cm³/mol. The average Bonchev–Trinajstić information content (AvgIpc) is 3.30. The summed E-state index contributed by atoms with van der Waals surface area (Å²) in [6.45, 7) is 0. The van der Waals surface area contributed by atoms with Gasteiger partial charge in [0.15, 0.2) is 0 Å². The number of benzene rings is 2. The van der Waals surface area contributed by atoms with E-state index in [1.54, 1.807) is 6.07 Å². The molecule has 126 valence electrons. The molecular weight excluding hydrogens is 381 g/mol. The number of alkyl halides is 3. The van der Waals surface area contributed by atoms with E-state index >= 15 is 0 Å². The lowest BCUT2D eigenvalue weighted by Crippen LogP contribution is -2.09. The highest BCUT2D eigenvalue weighted by atomic mass is 79.9. The molecule has 24 heavy (non-hydrogen) atoms. The lowest BCUT2D eigenvalue weighted by atomic mass is 10.1. The molecule has 1 nitrogen and oxygen atoms in total. The van der Waals surface area contributed by atoms with E-state index in [1.165, 1.54) is 18.4 Å². The van der Waals surface area contributed by atoms with Crippen molar-refractivity contribution in [2.45, 2.75) is 43.9 Å². The zero-order valence-corrected chi connectivity index (χ0v) is 14.5. The summed E-state index contributed by atoms with van der Waals surface area (Å²) in [7, 11) is 0. The average molecular weight is 397 g/mol. The Balaban J connectivity index is 1.56. The molecule has 1 fully saturated rings. The van der Waals surface area contributed by atoms with Crippen LogP contribution in [0.3, 0.4) is 0 Å². The van der Waals surface area contributed by atoms with Gasteiger partial charge in [-0.3, -0.25) is 0 Å². The number of rotatable bonds is 3. The number of halogens is 4. The fourth-order valence-electron chi connectivity index (χ4n) is 3.36. The molecule has 2 aromatic carbocycles. The molecule has 0 spiro atoms. The van der Waals surface area contributed by atoms with Crippen molar-refractivity contribution in [3.8, 4) is 5.75 Å². The molecule has 0 heterocycles. The van der Waals surface area contributed by atoms with Crippen LogP contribution in [0.1, 0.15) is 53.5 Å². The summed E-state index contributed by atoms with van der Waals surface area (Å²) in [6, 6.07) is 10.8. The van der Waals surface area contributed by atoms with E-state index in [4.69, 9.17) is 4.74 Å². The van der Waals surface area contributed by atoms with E-state index in [0.29, 0.717) is 24.3 Å². The van der Waals surface area contributed by atoms with Crippen LogP contribution in [0, 0.1) is 0 Å². The minimum absolute atomic E-state index is 0.155. The Kier molecular flexibility index (Phi) is 3.87. The summed E-state index contributed by atoms with van der Waals surface area (Å²) in [5.41, 5.74) is 2.29. The quantitative estimate of drug-likeness (QED) is 0.582. The lowest BCUT2D eigenvalue weighted by Gasteiger charge is -2.17. The number of fused-ring (bicyclic) bond motifs is 1. The van der Waals surface area contributed by atoms with Crippen LogP contribution in [0.2, 0.25) is 0 Å². The molecule has 2 aliphatic rings. The second-order valence-electron chi connectivity index (χ2n) is 6.48. The molecule has 2 aliphatic carbocycles. The van der Waals surface area contributed by atoms with E-state index in [-0.39, 0.29) is 10.6 Å². The molecule has 1 saturated carbocycles. The summed E-state index contributed by atoms with van der Waals surface area (Å²) in [5, 5.41) is 0. The van der Waals surface area contributed by atoms with Crippen molar-refractivity contribution in [3.05, 3.63) is 63.1 Å². The molecule has 0 amide bonds. The van der Waals surface area contributed by atoms with Crippen LogP contribution in [0.25, 0.3) is 0 Å². The maximum Gasteiger partial charge on any atom is 0.417 e. The third-order valence-corrected chi connectivity index (χ3v) is 5.70. The Bertz CT molecular complexity index is 763. The van der Waals surface area contributed by atoms with Gasteiger partial charge >= 0.3 is 6.18 Å². The van der Waals surface area contributed by atoms with Crippen molar-refractivity contribution in [1.29, 1.82) is 0 Å². The second-order valence-corrected chi connectivity index (χ2v) is 7.27. The van der Waals surface area contributed by atoms with Gasteiger partial charge in [-0.05, 0) is 82.4 Å². The van der Waals surface area contributed by atoms with Crippen LogP contribution in [0.5, 0.6) is 5.75 Å². The minimum atomic E-state index is -4.34. The van der Waals surface area contributed by atoms with Crippen LogP contribution in [0.15, 0.2) is 40.9 Å². The van der Waals surface area contributed by atoms with Crippen molar-refractivity contribution in [3.63, 3.8) is 0 Å². The second kappa shape index (κ2) is 5.80. The van der Waals surface area contributed by atoms with Crippen molar-refractivity contribution in [1.82, 2.24) is 0 Å². The van der Waals surface area contributed by atoms with Gasteiger partial charge in [0.25, 0.3) is 0 Å². The Morgan fingerprint density at radius 2 is 1.67 bits per heavy atom. The van der Waals surface area contributed by atoms with Gasteiger partial charge in [0.2, 0.25) is 0 Å². The van der Waals surface area contributed by atoms with E-state index in [0.717, 1.165) is 17.4 Å². The first kappa shape index (κ1) is 16.0. The number of ether oxygens (including phenoxy) is 1. The predicted octanol–water partition coefficient (Wildman–Crippen LogP) is 6.41. The van der Waals surface area contributed by atoms with Crippen LogP contribution < -0.4 is 4.74 Å². The molecule has 1 atom stereocenters. The molecule has 0 bridgehead atoms. The van der Waals surface area contributed by atoms with Gasteiger partial charge in [0, 0.05) is 4.47 Å². The first-order chi connectivity index (χ1) is 11.4. The molecular formula is C19H16BrF3O. The minimum Gasteiger partial charge on any atom is -0.486 e. The SMILES string of the molecule is FC(F)(F)c1ccc2c(c1Br)CCC2Oc1ccc(C2CC2)cc1. The monoisotopic (exact) mass is 396 g/mol. The van der Waals surface area contributed by atoms with E-state index in [2.05, 4.69) is 28.1 Å². The van der Waals surface area contributed by atoms with Gasteiger partial charge in [0.1, 0.15) is 11.9 Å². The van der Waals surface area contributed by atoms with Crippen molar-refractivity contribution in [2.75, 3.05) is 0 Å². The topological polar surface area (TPSA) is 9.23 Å². The first-order valence-corrected chi connectivity index (χ1v) is 8.88. The molecule has 4 rings (SSSR count). The van der Waals surface area contributed by atoms with Crippen LogP contribution in [0.4, 0.5) is 13.2 Å². The molecule has 0 aliphatic heterocycles. The summed E-state index contributed by atoms with van der Waals surface area (Å²) in [6.07, 6.45) is -0.738.